The zero-order valence-corrected chi connectivity index (χ0v) is 10.7. The minimum absolute atomic E-state index is 0.456. The molecule has 0 aromatic rings. The molecule has 1 aliphatic heterocycles. The van der Waals surface area contributed by atoms with Gasteiger partial charge in [-0.05, 0) is 48.5 Å². The van der Waals surface area contributed by atoms with E-state index in [1.165, 1.54) is 18.5 Å². The summed E-state index contributed by atoms with van der Waals surface area (Å²) in [6.45, 7) is 9.37. The van der Waals surface area contributed by atoms with Gasteiger partial charge in [0, 0.05) is 17.8 Å². The minimum atomic E-state index is 0.456. The van der Waals surface area contributed by atoms with Gasteiger partial charge in [0.25, 0.3) is 0 Å². The number of nitrogens with zero attached hydrogens (tertiary/aromatic N) is 1. The van der Waals surface area contributed by atoms with Crippen molar-refractivity contribution in [1.29, 1.82) is 0 Å². The van der Waals surface area contributed by atoms with Gasteiger partial charge >= 0.3 is 0 Å². The van der Waals surface area contributed by atoms with E-state index in [0.717, 1.165) is 17.8 Å². The maximum Gasteiger partial charge on any atom is 0.0322 e. The van der Waals surface area contributed by atoms with Crippen LogP contribution < -0.4 is 5.43 Å². The Morgan fingerprint density at radius 3 is 2.75 bits per heavy atom. The SMILES string of the molecule is CC1=C2C3CC(C2C=NN1)C(C(C)(C)C)C3. The van der Waals surface area contributed by atoms with Crippen molar-refractivity contribution in [3.05, 3.63) is 11.3 Å². The first kappa shape index (κ1) is 10.4. The van der Waals surface area contributed by atoms with E-state index in [2.05, 4.69) is 44.4 Å². The van der Waals surface area contributed by atoms with Gasteiger partial charge in [0.1, 0.15) is 0 Å². The largest absolute Gasteiger partial charge is 0.283 e. The molecule has 0 amide bonds. The fourth-order valence-electron chi connectivity index (χ4n) is 4.25. The molecule has 1 N–H and O–H groups in total. The lowest BCUT2D eigenvalue weighted by Gasteiger charge is -2.39. The normalized spacial score (nSPS) is 41.2. The van der Waals surface area contributed by atoms with Crippen LogP contribution in [0.25, 0.3) is 0 Å². The average molecular weight is 218 g/mol. The number of rotatable bonds is 0. The monoisotopic (exact) mass is 218 g/mol. The summed E-state index contributed by atoms with van der Waals surface area (Å²) in [6.07, 6.45) is 4.95. The molecular formula is C14H22N2. The molecule has 2 heteroatoms. The van der Waals surface area contributed by atoms with E-state index in [1.54, 1.807) is 5.57 Å². The highest BCUT2D eigenvalue weighted by Gasteiger charge is 2.53. The third-order valence-corrected chi connectivity index (χ3v) is 4.88. The first-order valence-corrected chi connectivity index (χ1v) is 6.48. The molecular weight excluding hydrogens is 196 g/mol. The zero-order chi connectivity index (χ0) is 11.5. The van der Waals surface area contributed by atoms with Crippen LogP contribution in [0, 0.1) is 29.1 Å². The molecule has 4 unspecified atom stereocenters. The van der Waals surface area contributed by atoms with Crippen molar-refractivity contribution in [1.82, 2.24) is 5.43 Å². The lowest BCUT2D eigenvalue weighted by Crippen LogP contribution is -2.35. The van der Waals surface area contributed by atoms with Gasteiger partial charge in [-0.3, -0.25) is 5.43 Å². The molecule has 2 aliphatic carbocycles. The van der Waals surface area contributed by atoms with Crippen LogP contribution in [0.15, 0.2) is 16.4 Å². The van der Waals surface area contributed by atoms with E-state index < -0.39 is 0 Å². The molecule has 2 saturated carbocycles. The molecule has 0 aromatic carbocycles. The summed E-state index contributed by atoms with van der Waals surface area (Å²) >= 11 is 0. The van der Waals surface area contributed by atoms with E-state index >= 15 is 0 Å². The zero-order valence-electron chi connectivity index (χ0n) is 10.7. The molecule has 88 valence electrons. The van der Waals surface area contributed by atoms with Crippen molar-refractivity contribution in [3.63, 3.8) is 0 Å². The van der Waals surface area contributed by atoms with Gasteiger partial charge in [-0.2, -0.15) is 5.10 Å². The summed E-state index contributed by atoms with van der Waals surface area (Å²) in [5.41, 5.74) is 6.59. The van der Waals surface area contributed by atoms with Crippen molar-refractivity contribution in [2.24, 2.45) is 34.2 Å². The Labute approximate surface area is 98.2 Å². The van der Waals surface area contributed by atoms with E-state index in [4.69, 9.17) is 0 Å². The Hall–Kier alpha value is -0.790. The van der Waals surface area contributed by atoms with Crippen LogP contribution >= 0.6 is 0 Å². The molecule has 0 saturated heterocycles. The number of fused-ring (bicyclic) bond motifs is 5. The van der Waals surface area contributed by atoms with Crippen molar-refractivity contribution >= 4 is 6.21 Å². The van der Waals surface area contributed by atoms with Crippen LogP contribution in [0.4, 0.5) is 0 Å². The lowest BCUT2D eigenvalue weighted by molar-refractivity contribution is 0.159. The van der Waals surface area contributed by atoms with Crippen molar-refractivity contribution in [3.8, 4) is 0 Å². The Morgan fingerprint density at radius 1 is 1.31 bits per heavy atom. The van der Waals surface area contributed by atoms with Crippen LogP contribution in [0.2, 0.25) is 0 Å². The van der Waals surface area contributed by atoms with Crippen LogP contribution in [-0.4, -0.2) is 6.21 Å². The van der Waals surface area contributed by atoms with Crippen LogP contribution in [0.1, 0.15) is 40.5 Å². The maximum atomic E-state index is 4.30. The Kier molecular flexibility index (Phi) is 2.02. The summed E-state index contributed by atoms with van der Waals surface area (Å²) in [6, 6.07) is 0. The van der Waals surface area contributed by atoms with Gasteiger partial charge in [0.2, 0.25) is 0 Å². The number of hydrazone groups is 1. The second kappa shape index (κ2) is 3.12. The summed E-state index contributed by atoms with van der Waals surface area (Å²) in [7, 11) is 0. The molecule has 2 fully saturated rings. The summed E-state index contributed by atoms with van der Waals surface area (Å²) in [4.78, 5) is 0. The first-order chi connectivity index (χ1) is 7.48. The Balaban J connectivity index is 1.94. The van der Waals surface area contributed by atoms with E-state index in [9.17, 15) is 0 Å². The number of allylic oxidation sites excluding steroid dienone is 2. The standard InChI is InChI=1S/C14H22N2/c1-8-13-9-5-10(11(13)7-15-16-8)12(6-9)14(2,3)4/h7,9-12,16H,5-6H2,1-4H3. The van der Waals surface area contributed by atoms with Gasteiger partial charge in [0.15, 0.2) is 0 Å². The third kappa shape index (κ3) is 1.28. The highest BCUT2D eigenvalue weighted by molar-refractivity contribution is 5.69. The Morgan fingerprint density at radius 2 is 2.06 bits per heavy atom. The van der Waals surface area contributed by atoms with Crippen molar-refractivity contribution < 1.29 is 0 Å². The third-order valence-electron chi connectivity index (χ3n) is 4.88. The summed E-state index contributed by atoms with van der Waals surface area (Å²) in [5, 5.41) is 4.30. The molecule has 0 radical (unpaired) electrons. The maximum absolute atomic E-state index is 4.30. The highest BCUT2D eigenvalue weighted by Crippen LogP contribution is 2.59. The fraction of sp³-hybridized carbons (Fsp3) is 0.786. The van der Waals surface area contributed by atoms with Gasteiger partial charge in [0.05, 0.1) is 0 Å². The second-order valence-corrected chi connectivity index (χ2v) is 6.80. The van der Waals surface area contributed by atoms with E-state index in [0.29, 0.717) is 11.3 Å². The highest BCUT2D eigenvalue weighted by atomic mass is 15.3. The lowest BCUT2D eigenvalue weighted by atomic mass is 9.66. The van der Waals surface area contributed by atoms with Crippen LogP contribution in [0.5, 0.6) is 0 Å². The van der Waals surface area contributed by atoms with Gasteiger partial charge in [-0.1, -0.05) is 20.8 Å². The second-order valence-electron chi connectivity index (χ2n) is 6.80. The Bertz CT molecular complexity index is 373. The van der Waals surface area contributed by atoms with Crippen LogP contribution in [-0.2, 0) is 0 Å². The number of hydrogen-bond acceptors (Lipinski definition) is 2. The van der Waals surface area contributed by atoms with Gasteiger partial charge in [-0.15, -0.1) is 0 Å². The summed E-state index contributed by atoms with van der Waals surface area (Å²) < 4.78 is 0. The van der Waals surface area contributed by atoms with Crippen LogP contribution in [0.3, 0.4) is 0 Å². The number of hydrogen-bond donors (Lipinski definition) is 1. The topological polar surface area (TPSA) is 24.4 Å². The minimum Gasteiger partial charge on any atom is -0.283 e. The molecule has 16 heavy (non-hydrogen) atoms. The first-order valence-electron chi connectivity index (χ1n) is 6.48. The van der Waals surface area contributed by atoms with E-state index in [1.807, 2.05) is 0 Å². The smallest absolute Gasteiger partial charge is 0.0322 e. The molecule has 2 nitrogen and oxygen atoms in total. The average Bonchev–Trinajstić information content (AvgIpc) is 2.74. The molecule has 0 spiro atoms. The molecule has 1 heterocycles. The summed E-state index contributed by atoms with van der Waals surface area (Å²) in [5.74, 6) is 3.20. The van der Waals surface area contributed by atoms with Gasteiger partial charge < -0.3 is 0 Å². The predicted molar refractivity (Wildman–Crippen MR) is 67.0 cm³/mol. The fourth-order valence-corrected chi connectivity index (χ4v) is 4.25. The quantitative estimate of drug-likeness (QED) is 0.663. The molecule has 3 rings (SSSR count). The molecule has 2 bridgehead atoms. The van der Waals surface area contributed by atoms with Crippen molar-refractivity contribution in [2.75, 3.05) is 0 Å². The number of nitrogens with one attached hydrogen (secondary N) is 1. The molecule has 3 aliphatic rings. The van der Waals surface area contributed by atoms with E-state index in [-0.39, 0.29) is 0 Å². The molecule has 0 aromatic heterocycles. The van der Waals surface area contributed by atoms with Gasteiger partial charge in [-0.25, -0.2) is 0 Å². The predicted octanol–water partition coefficient (Wildman–Crippen LogP) is 3.17. The molecule has 4 atom stereocenters. The van der Waals surface area contributed by atoms with Crippen molar-refractivity contribution in [2.45, 2.75) is 40.5 Å².